The van der Waals surface area contributed by atoms with Gasteiger partial charge >= 0.3 is 0 Å². The summed E-state index contributed by atoms with van der Waals surface area (Å²) >= 11 is 0. The Morgan fingerprint density at radius 2 is 2.25 bits per heavy atom. The molecular formula is C9H9N3. The number of aromatic nitrogens is 3. The van der Waals surface area contributed by atoms with E-state index in [1.807, 2.05) is 29.1 Å². The van der Waals surface area contributed by atoms with Gasteiger partial charge in [0.2, 0.25) is 0 Å². The van der Waals surface area contributed by atoms with Crippen LogP contribution in [0.25, 0.3) is 5.82 Å². The molecule has 0 amide bonds. The fourth-order valence-corrected chi connectivity index (χ4v) is 1.08. The molecule has 0 N–H and O–H groups in total. The Bertz CT molecular complexity index is 364. The van der Waals surface area contributed by atoms with Crippen molar-refractivity contribution >= 4 is 0 Å². The van der Waals surface area contributed by atoms with Gasteiger partial charge in [0.1, 0.15) is 12.1 Å². The van der Waals surface area contributed by atoms with Crippen LogP contribution in [0.1, 0.15) is 5.56 Å². The van der Waals surface area contributed by atoms with Crippen molar-refractivity contribution < 1.29 is 0 Å². The van der Waals surface area contributed by atoms with E-state index < -0.39 is 0 Å². The molecule has 0 bridgehead atoms. The SMILES string of the molecule is Cc1ccn(-c2ccncn2)c1. The lowest BCUT2D eigenvalue weighted by Crippen LogP contribution is -1.92. The largest absolute Gasteiger partial charge is 0.308 e. The highest BCUT2D eigenvalue weighted by Crippen LogP contribution is 2.05. The standard InChI is InChI=1S/C9H9N3/c1-8-3-5-12(6-8)9-2-4-10-7-11-9/h2-7H,1H3. The first-order chi connectivity index (χ1) is 5.86. The number of hydrogen-bond donors (Lipinski definition) is 0. The predicted octanol–water partition coefficient (Wildman–Crippen LogP) is 1.58. The van der Waals surface area contributed by atoms with Crippen molar-refractivity contribution in [1.29, 1.82) is 0 Å². The highest BCUT2D eigenvalue weighted by molar-refractivity contribution is 5.23. The highest BCUT2D eigenvalue weighted by Gasteiger charge is 1.94. The zero-order valence-electron chi connectivity index (χ0n) is 6.81. The van der Waals surface area contributed by atoms with E-state index in [1.165, 1.54) is 5.56 Å². The summed E-state index contributed by atoms with van der Waals surface area (Å²) in [6, 6.07) is 3.92. The van der Waals surface area contributed by atoms with Gasteiger partial charge in [-0.05, 0) is 24.6 Å². The fraction of sp³-hybridized carbons (Fsp3) is 0.111. The minimum atomic E-state index is 0.901. The van der Waals surface area contributed by atoms with E-state index in [4.69, 9.17) is 0 Å². The van der Waals surface area contributed by atoms with Gasteiger partial charge in [-0.3, -0.25) is 0 Å². The van der Waals surface area contributed by atoms with E-state index >= 15 is 0 Å². The molecule has 0 aliphatic carbocycles. The van der Waals surface area contributed by atoms with Gasteiger partial charge in [0.05, 0.1) is 0 Å². The van der Waals surface area contributed by atoms with Crippen molar-refractivity contribution in [1.82, 2.24) is 14.5 Å². The van der Waals surface area contributed by atoms with E-state index in [1.54, 1.807) is 12.5 Å². The maximum absolute atomic E-state index is 4.11. The molecule has 0 unspecified atom stereocenters. The van der Waals surface area contributed by atoms with Crippen LogP contribution in [-0.2, 0) is 0 Å². The van der Waals surface area contributed by atoms with Crippen LogP contribution in [0, 0.1) is 6.92 Å². The Labute approximate surface area is 70.7 Å². The van der Waals surface area contributed by atoms with Crippen LogP contribution in [0.3, 0.4) is 0 Å². The molecule has 0 aliphatic rings. The van der Waals surface area contributed by atoms with Crippen LogP contribution >= 0.6 is 0 Å². The molecule has 2 rings (SSSR count). The average Bonchev–Trinajstić information content (AvgIpc) is 2.54. The summed E-state index contributed by atoms with van der Waals surface area (Å²) in [6.45, 7) is 2.05. The summed E-state index contributed by atoms with van der Waals surface area (Å²) in [5.41, 5.74) is 1.23. The molecular weight excluding hydrogens is 150 g/mol. The summed E-state index contributed by atoms with van der Waals surface area (Å²) < 4.78 is 1.97. The molecule has 3 nitrogen and oxygen atoms in total. The predicted molar refractivity (Wildman–Crippen MR) is 46.1 cm³/mol. The second-order valence-corrected chi connectivity index (χ2v) is 2.66. The summed E-state index contributed by atoms with van der Waals surface area (Å²) in [7, 11) is 0. The van der Waals surface area contributed by atoms with Gasteiger partial charge in [0.25, 0.3) is 0 Å². The van der Waals surface area contributed by atoms with E-state index in [9.17, 15) is 0 Å². The number of aryl methyl sites for hydroxylation is 1. The van der Waals surface area contributed by atoms with Crippen LogP contribution in [0.15, 0.2) is 37.1 Å². The minimum absolute atomic E-state index is 0.901. The first-order valence-corrected chi connectivity index (χ1v) is 3.77. The molecule has 0 atom stereocenters. The third kappa shape index (κ3) is 1.21. The third-order valence-corrected chi connectivity index (χ3v) is 1.67. The van der Waals surface area contributed by atoms with Crippen molar-refractivity contribution in [2.24, 2.45) is 0 Å². The van der Waals surface area contributed by atoms with E-state index in [0.717, 1.165) is 5.82 Å². The van der Waals surface area contributed by atoms with E-state index in [0.29, 0.717) is 0 Å². The monoisotopic (exact) mass is 159 g/mol. The van der Waals surface area contributed by atoms with Crippen LogP contribution < -0.4 is 0 Å². The zero-order chi connectivity index (χ0) is 8.39. The van der Waals surface area contributed by atoms with Gasteiger partial charge < -0.3 is 4.57 Å². The van der Waals surface area contributed by atoms with Crippen molar-refractivity contribution in [3.63, 3.8) is 0 Å². The lowest BCUT2D eigenvalue weighted by atomic mass is 10.4. The first kappa shape index (κ1) is 7.03. The van der Waals surface area contributed by atoms with Gasteiger partial charge in [0.15, 0.2) is 0 Å². The molecule has 12 heavy (non-hydrogen) atoms. The molecule has 2 aromatic rings. The molecule has 0 fully saturated rings. The molecule has 0 spiro atoms. The summed E-state index contributed by atoms with van der Waals surface area (Å²) in [5, 5.41) is 0. The smallest absolute Gasteiger partial charge is 0.139 e. The topological polar surface area (TPSA) is 30.7 Å². The van der Waals surface area contributed by atoms with Crippen molar-refractivity contribution in [3.8, 4) is 5.82 Å². The minimum Gasteiger partial charge on any atom is -0.308 e. The average molecular weight is 159 g/mol. The summed E-state index contributed by atoms with van der Waals surface area (Å²) in [5.74, 6) is 0.901. The maximum Gasteiger partial charge on any atom is 0.139 e. The van der Waals surface area contributed by atoms with E-state index in [-0.39, 0.29) is 0 Å². The third-order valence-electron chi connectivity index (χ3n) is 1.67. The molecule has 0 saturated heterocycles. The number of rotatable bonds is 1. The first-order valence-electron chi connectivity index (χ1n) is 3.77. The van der Waals surface area contributed by atoms with Gasteiger partial charge in [-0.15, -0.1) is 0 Å². The lowest BCUT2D eigenvalue weighted by Gasteiger charge is -1.98. The van der Waals surface area contributed by atoms with Crippen molar-refractivity contribution in [2.75, 3.05) is 0 Å². The van der Waals surface area contributed by atoms with Crippen molar-refractivity contribution in [3.05, 3.63) is 42.6 Å². The Morgan fingerprint density at radius 1 is 1.33 bits per heavy atom. The van der Waals surface area contributed by atoms with Crippen LogP contribution in [0.2, 0.25) is 0 Å². The second kappa shape index (κ2) is 2.77. The number of nitrogens with zero attached hydrogens (tertiary/aromatic N) is 3. The van der Waals surface area contributed by atoms with Gasteiger partial charge in [0, 0.05) is 18.6 Å². The van der Waals surface area contributed by atoms with Crippen LogP contribution in [0.4, 0.5) is 0 Å². The zero-order valence-corrected chi connectivity index (χ0v) is 6.81. The fourth-order valence-electron chi connectivity index (χ4n) is 1.08. The normalized spacial score (nSPS) is 10.1. The maximum atomic E-state index is 4.11. The second-order valence-electron chi connectivity index (χ2n) is 2.66. The van der Waals surface area contributed by atoms with Gasteiger partial charge in [-0.1, -0.05) is 0 Å². The highest BCUT2D eigenvalue weighted by atomic mass is 15.0. The molecule has 60 valence electrons. The van der Waals surface area contributed by atoms with Crippen LogP contribution in [0.5, 0.6) is 0 Å². The molecule has 0 saturated carbocycles. The molecule has 0 aromatic carbocycles. The van der Waals surface area contributed by atoms with Gasteiger partial charge in [-0.25, -0.2) is 9.97 Å². The van der Waals surface area contributed by atoms with Gasteiger partial charge in [-0.2, -0.15) is 0 Å². The van der Waals surface area contributed by atoms with E-state index in [2.05, 4.69) is 16.9 Å². The molecule has 0 radical (unpaired) electrons. The number of hydrogen-bond acceptors (Lipinski definition) is 2. The Kier molecular flexibility index (Phi) is 1.63. The quantitative estimate of drug-likeness (QED) is 0.632. The Morgan fingerprint density at radius 3 is 2.83 bits per heavy atom. The molecule has 2 aromatic heterocycles. The van der Waals surface area contributed by atoms with Crippen molar-refractivity contribution in [2.45, 2.75) is 6.92 Å². The molecule has 2 heterocycles. The summed E-state index contributed by atoms with van der Waals surface area (Å²) in [6.07, 6.45) is 7.29. The summed E-state index contributed by atoms with van der Waals surface area (Å²) in [4.78, 5) is 7.97. The molecule has 3 heteroatoms. The van der Waals surface area contributed by atoms with Crippen LogP contribution in [-0.4, -0.2) is 14.5 Å². The Balaban J connectivity index is 2.45. The lowest BCUT2D eigenvalue weighted by molar-refractivity contribution is 0.980. The molecule has 0 aliphatic heterocycles. The Hall–Kier alpha value is -1.64.